The number of aryl methyl sites for hydroxylation is 2. The monoisotopic (exact) mass is 266 g/mol. The van der Waals surface area contributed by atoms with Gasteiger partial charge in [0.1, 0.15) is 0 Å². The Bertz CT molecular complexity index is 441. The number of rotatable bonds is 2. The minimum absolute atomic E-state index is 0. The lowest BCUT2D eigenvalue weighted by Crippen LogP contribution is -2.36. The summed E-state index contributed by atoms with van der Waals surface area (Å²) in [5, 5.41) is 6.34. The first-order valence-electron chi connectivity index (χ1n) is 6.46. The third-order valence-corrected chi connectivity index (χ3v) is 3.76. The summed E-state index contributed by atoms with van der Waals surface area (Å²) in [6, 6.07) is 6.45. The Morgan fingerprint density at radius 3 is 2.89 bits per heavy atom. The minimum atomic E-state index is 0. The van der Waals surface area contributed by atoms with Gasteiger partial charge in [-0.05, 0) is 55.5 Å². The number of nitrogens with one attached hydrogen (secondary N) is 2. The topological polar surface area (TPSA) is 41.1 Å². The van der Waals surface area contributed by atoms with Crippen molar-refractivity contribution in [3.8, 4) is 0 Å². The second-order valence-corrected chi connectivity index (χ2v) is 5.00. The number of hydrogen-bond acceptors (Lipinski definition) is 2. The first kappa shape index (κ1) is 13.4. The Morgan fingerprint density at radius 1 is 1.28 bits per heavy atom. The van der Waals surface area contributed by atoms with E-state index in [-0.39, 0.29) is 18.3 Å². The average Bonchev–Trinajstić information content (AvgIpc) is 2.97. The molecule has 1 amide bonds. The van der Waals surface area contributed by atoms with E-state index in [1.807, 2.05) is 6.07 Å². The fraction of sp³-hybridized carbons (Fsp3) is 0.500. The maximum atomic E-state index is 12.1. The van der Waals surface area contributed by atoms with Gasteiger partial charge in [-0.2, -0.15) is 0 Å². The van der Waals surface area contributed by atoms with Gasteiger partial charge in [-0.1, -0.05) is 6.07 Å². The second kappa shape index (κ2) is 5.72. The van der Waals surface area contributed by atoms with Crippen LogP contribution in [0, 0.1) is 0 Å². The molecule has 2 N–H and O–H groups in total. The van der Waals surface area contributed by atoms with E-state index in [4.69, 9.17) is 0 Å². The molecule has 0 saturated carbocycles. The normalized spacial score (nSPS) is 21.2. The molecule has 1 aromatic rings. The highest BCUT2D eigenvalue weighted by molar-refractivity contribution is 5.94. The summed E-state index contributed by atoms with van der Waals surface area (Å²) in [4.78, 5) is 12.1. The van der Waals surface area contributed by atoms with Crippen molar-refractivity contribution in [2.24, 2.45) is 0 Å². The lowest BCUT2D eigenvalue weighted by molar-refractivity contribution is 0.0940. The van der Waals surface area contributed by atoms with E-state index >= 15 is 0 Å². The summed E-state index contributed by atoms with van der Waals surface area (Å²) >= 11 is 0. The van der Waals surface area contributed by atoms with Crippen molar-refractivity contribution in [1.29, 1.82) is 0 Å². The molecule has 4 heteroatoms. The lowest BCUT2D eigenvalue weighted by Gasteiger charge is -2.12. The smallest absolute Gasteiger partial charge is 0.251 e. The minimum Gasteiger partial charge on any atom is -0.348 e. The first-order valence-corrected chi connectivity index (χ1v) is 6.46. The van der Waals surface area contributed by atoms with Crippen LogP contribution in [-0.2, 0) is 12.8 Å². The SMILES string of the molecule is Cl.O=C(NC1CCNC1)c1ccc2c(c1)CCC2. The van der Waals surface area contributed by atoms with Crippen LogP contribution in [0.3, 0.4) is 0 Å². The van der Waals surface area contributed by atoms with Gasteiger partial charge in [-0.15, -0.1) is 12.4 Å². The van der Waals surface area contributed by atoms with Gasteiger partial charge in [-0.3, -0.25) is 4.79 Å². The van der Waals surface area contributed by atoms with Crippen molar-refractivity contribution < 1.29 is 4.79 Å². The zero-order valence-electron chi connectivity index (χ0n) is 10.4. The lowest BCUT2D eigenvalue weighted by atomic mass is 10.1. The fourth-order valence-corrected chi connectivity index (χ4v) is 2.76. The van der Waals surface area contributed by atoms with Crippen molar-refractivity contribution in [3.63, 3.8) is 0 Å². The van der Waals surface area contributed by atoms with Crippen molar-refractivity contribution in [1.82, 2.24) is 10.6 Å². The Balaban J connectivity index is 0.00000120. The number of halogens is 1. The standard InChI is InChI=1S/C14H18N2O.ClH/c17-14(16-13-6-7-15-9-13)12-5-4-10-2-1-3-11(10)8-12;/h4-5,8,13,15H,1-3,6-7,9H2,(H,16,17);1H. The van der Waals surface area contributed by atoms with Crippen LogP contribution in [0.2, 0.25) is 0 Å². The van der Waals surface area contributed by atoms with Crippen LogP contribution < -0.4 is 10.6 Å². The maximum Gasteiger partial charge on any atom is 0.251 e. The molecule has 98 valence electrons. The largest absolute Gasteiger partial charge is 0.348 e. The molecule has 0 aromatic heterocycles. The van der Waals surface area contributed by atoms with Gasteiger partial charge in [0.15, 0.2) is 0 Å². The number of carbonyl (C=O) groups excluding carboxylic acids is 1. The second-order valence-electron chi connectivity index (χ2n) is 5.00. The summed E-state index contributed by atoms with van der Waals surface area (Å²) in [6.07, 6.45) is 4.56. The van der Waals surface area contributed by atoms with Gasteiger partial charge in [0.05, 0.1) is 0 Å². The summed E-state index contributed by atoms with van der Waals surface area (Å²) in [5.41, 5.74) is 3.60. The number of fused-ring (bicyclic) bond motifs is 1. The van der Waals surface area contributed by atoms with Crippen molar-refractivity contribution >= 4 is 18.3 Å². The predicted octanol–water partition coefficient (Wildman–Crippen LogP) is 1.69. The Hall–Kier alpha value is -1.06. The van der Waals surface area contributed by atoms with Gasteiger partial charge >= 0.3 is 0 Å². The van der Waals surface area contributed by atoms with Crippen LogP contribution in [0.4, 0.5) is 0 Å². The molecule has 0 radical (unpaired) electrons. The molecule has 0 bridgehead atoms. The van der Waals surface area contributed by atoms with Crippen LogP contribution in [0.25, 0.3) is 0 Å². The van der Waals surface area contributed by atoms with Crippen LogP contribution in [0.15, 0.2) is 18.2 Å². The van der Waals surface area contributed by atoms with Crippen LogP contribution in [0.1, 0.15) is 34.3 Å². The molecule has 1 atom stereocenters. The number of carbonyl (C=O) groups is 1. The summed E-state index contributed by atoms with van der Waals surface area (Å²) in [7, 11) is 0. The zero-order valence-corrected chi connectivity index (χ0v) is 11.2. The zero-order chi connectivity index (χ0) is 11.7. The average molecular weight is 267 g/mol. The molecule has 2 aliphatic rings. The number of benzene rings is 1. The summed E-state index contributed by atoms with van der Waals surface area (Å²) < 4.78 is 0. The van der Waals surface area contributed by atoms with E-state index in [0.717, 1.165) is 31.5 Å². The Kier molecular flexibility index (Phi) is 4.25. The Morgan fingerprint density at radius 2 is 2.11 bits per heavy atom. The first-order chi connectivity index (χ1) is 8.33. The van der Waals surface area contributed by atoms with Crippen LogP contribution in [0.5, 0.6) is 0 Å². The van der Waals surface area contributed by atoms with Crippen molar-refractivity contribution in [2.45, 2.75) is 31.7 Å². The molecular formula is C14H19ClN2O. The predicted molar refractivity (Wildman–Crippen MR) is 74.5 cm³/mol. The molecule has 3 nitrogen and oxygen atoms in total. The van der Waals surface area contributed by atoms with Crippen LogP contribution >= 0.6 is 12.4 Å². The highest BCUT2D eigenvalue weighted by atomic mass is 35.5. The molecule has 1 saturated heterocycles. The van der Waals surface area contributed by atoms with E-state index in [9.17, 15) is 4.79 Å². The van der Waals surface area contributed by atoms with Crippen molar-refractivity contribution in [3.05, 3.63) is 34.9 Å². The van der Waals surface area contributed by atoms with E-state index in [0.29, 0.717) is 6.04 Å². The molecule has 0 spiro atoms. The van der Waals surface area contributed by atoms with Gasteiger partial charge in [-0.25, -0.2) is 0 Å². The highest BCUT2D eigenvalue weighted by Crippen LogP contribution is 2.22. The summed E-state index contributed by atoms with van der Waals surface area (Å²) in [6.45, 7) is 1.91. The number of hydrogen-bond donors (Lipinski definition) is 2. The van der Waals surface area contributed by atoms with Gasteiger partial charge in [0.2, 0.25) is 0 Å². The van der Waals surface area contributed by atoms with Gasteiger partial charge < -0.3 is 10.6 Å². The molecule has 3 rings (SSSR count). The molecule has 1 aromatic carbocycles. The fourth-order valence-electron chi connectivity index (χ4n) is 2.76. The molecule has 1 fully saturated rings. The molecule has 1 aliphatic heterocycles. The van der Waals surface area contributed by atoms with Crippen LogP contribution in [-0.4, -0.2) is 25.0 Å². The molecule has 1 heterocycles. The molecule has 1 aliphatic carbocycles. The van der Waals surface area contributed by atoms with E-state index in [1.165, 1.54) is 24.0 Å². The van der Waals surface area contributed by atoms with E-state index < -0.39 is 0 Å². The third-order valence-electron chi connectivity index (χ3n) is 3.76. The molecular weight excluding hydrogens is 248 g/mol. The maximum absolute atomic E-state index is 12.1. The highest BCUT2D eigenvalue weighted by Gasteiger charge is 2.19. The van der Waals surface area contributed by atoms with Crippen molar-refractivity contribution in [2.75, 3.05) is 13.1 Å². The van der Waals surface area contributed by atoms with E-state index in [1.54, 1.807) is 0 Å². The summed E-state index contributed by atoms with van der Waals surface area (Å²) in [5.74, 6) is 0.0772. The molecule has 18 heavy (non-hydrogen) atoms. The Labute approximate surface area is 114 Å². The van der Waals surface area contributed by atoms with Gasteiger partial charge in [0.25, 0.3) is 5.91 Å². The van der Waals surface area contributed by atoms with Gasteiger partial charge in [0, 0.05) is 18.2 Å². The quantitative estimate of drug-likeness (QED) is 0.855. The number of amides is 1. The van der Waals surface area contributed by atoms with E-state index in [2.05, 4.69) is 22.8 Å². The third kappa shape index (κ3) is 2.68. The molecule has 1 unspecified atom stereocenters.